The monoisotopic (exact) mass is 589 g/mol. The second kappa shape index (κ2) is 11.8. The molecule has 0 spiro atoms. The Morgan fingerprint density at radius 2 is 1.79 bits per heavy atom. The number of aromatic nitrogens is 2. The topological polar surface area (TPSA) is 84.1 Å². The third kappa shape index (κ3) is 5.18. The highest BCUT2D eigenvalue weighted by Gasteiger charge is 2.34. The molecule has 4 aromatic rings. The molecule has 2 aromatic heterocycles. The molecule has 10 heteroatoms. The Hall–Kier alpha value is -4.44. The lowest BCUT2D eigenvalue weighted by molar-refractivity contribution is -0.139. The molecule has 0 amide bonds. The zero-order valence-electron chi connectivity index (χ0n) is 24.4. The molecule has 0 N–H and O–H groups in total. The third-order valence-corrected chi connectivity index (χ3v) is 8.14. The quantitative estimate of drug-likeness (QED) is 0.277. The molecule has 5 rings (SSSR count). The summed E-state index contributed by atoms with van der Waals surface area (Å²) in [5.74, 6) is 0.211. The number of rotatable bonds is 8. The first kappa shape index (κ1) is 29.1. The molecule has 0 fully saturated rings. The molecule has 0 aliphatic carbocycles. The van der Waals surface area contributed by atoms with E-state index in [1.807, 2.05) is 43.5 Å². The van der Waals surface area contributed by atoms with Crippen molar-refractivity contribution in [3.63, 3.8) is 0 Å². The molecule has 1 aliphatic heterocycles. The Bertz CT molecular complexity index is 1880. The number of hydrogen-bond acceptors (Lipinski definition) is 7. The van der Waals surface area contributed by atoms with Gasteiger partial charge < -0.3 is 18.8 Å². The molecule has 3 heterocycles. The number of fused-ring (bicyclic) bond motifs is 1. The maximum absolute atomic E-state index is 14.1. The zero-order chi connectivity index (χ0) is 30.1. The SMILES string of the molecule is CCOC(=O)C1=C(C)N=c2s/c(=C\c3cc(C)n(-c4ccc(F)cc4)c3C)c(=O)n2[C@@H]1c1ccc(OC)c(OCC)c1. The van der Waals surface area contributed by atoms with Crippen LogP contribution in [0.15, 0.2) is 69.6 Å². The van der Waals surface area contributed by atoms with E-state index >= 15 is 0 Å². The minimum absolute atomic E-state index is 0.184. The van der Waals surface area contributed by atoms with Crippen molar-refractivity contribution in [2.24, 2.45) is 4.99 Å². The Morgan fingerprint density at radius 1 is 1.05 bits per heavy atom. The first-order chi connectivity index (χ1) is 20.2. The van der Waals surface area contributed by atoms with Crippen LogP contribution in [0, 0.1) is 19.7 Å². The van der Waals surface area contributed by atoms with Gasteiger partial charge in [-0.2, -0.15) is 0 Å². The summed E-state index contributed by atoms with van der Waals surface area (Å²) < 4.78 is 34.2. The van der Waals surface area contributed by atoms with E-state index in [1.165, 1.54) is 23.5 Å². The molecular formula is C32H32FN3O5S. The number of hydrogen-bond donors (Lipinski definition) is 0. The summed E-state index contributed by atoms with van der Waals surface area (Å²) in [6, 6.07) is 12.9. The Kier molecular flexibility index (Phi) is 8.17. The summed E-state index contributed by atoms with van der Waals surface area (Å²) in [6.07, 6.45) is 1.84. The van der Waals surface area contributed by atoms with Gasteiger partial charge in [-0.1, -0.05) is 17.4 Å². The number of carbonyl (C=O) groups excluding carboxylic acids is 1. The van der Waals surface area contributed by atoms with Crippen LogP contribution in [0.3, 0.4) is 0 Å². The molecule has 8 nitrogen and oxygen atoms in total. The van der Waals surface area contributed by atoms with Crippen molar-refractivity contribution in [2.45, 2.75) is 40.7 Å². The fourth-order valence-electron chi connectivity index (χ4n) is 5.30. The first-order valence-electron chi connectivity index (χ1n) is 13.6. The fraction of sp³-hybridized carbons (Fsp3) is 0.281. The third-order valence-electron chi connectivity index (χ3n) is 7.16. The molecule has 2 aromatic carbocycles. The maximum atomic E-state index is 14.1. The summed E-state index contributed by atoms with van der Waals surface area (Å²) in [4.78, 5) is 32.5. The van der Waals surface area contributed by atoms with Gasteiger partial charge in [0.2, 0.25) is 0 Å². The fourth-order valence-corrected chi connectivity index (χ4v) is 6.34. The van der Waals surface area contributed by atoms with E-state index < -0.39 is 12.0 Å². The molecule has 0 unspecified atom stereocenters. The van der Waals surface area contributed by atoms with Gasteiger partial charge in [-0.3, -0.25) is 9.36 Å². The molecule has 0 radical (unpaired) electrons. The van der Waals surface area contributed by atoms with E-state index in [9.17, 15) is 14.0 Å². The summed E-state index contributed by atoms with van der Waals surface area (Å²) in [5.41, 5.74) is 4.68. The summed E-state index contributed by atoms with van der Waals surface area (Å²) in [7, 11) is 1.56. The summed E-state index contributed by atoms with van der Waals surface area (Å²) in [6.45, 7) is 9.88. The summed E-state index contributed by atoms with van der Waals surface area (Å²) >= 11 is 1.26. The lowest BCUT2D eigenvalue weighted by Crippen LogP contribution is -2.40. The van der Waals surface area contributed by atoms with Gasteiger partial charge in [0.25, 0.3) is 5.56 Å². The standard InChI is InChI=1S/C32H32FN3O5S/c1-7-40-26-16-21(9-14-25(26)39-6)29-28(31(38)41-8-2)19(4)34-32-36(29)30(37)27(42-32)17-22-15-18(3)35(20(22)5)24-12-10-23(33)11-13-24/h9-17,29H,7-8H2,1-6H3/b27-17-/t29-/m1/s1. The predicted octanol–water partition coefficient (Wildman–Crippen LogP) is 4.75. The van der Waals surface area contributed by atoms with Crippen molar-refractivity contribution in [3.05, 3.63) is 108 Å². The van der Waals surface area contributed by atoms with E-state index in [4.69, 9.17) is 14.2 Å². The van der Waals surface area contributed by atoms with Gasteiger partial charge in [-0.25, -0.2) is 14.2 Å². The van der Waals surface area contributed by atoms with Gasteiger partial charge in [-0.05, 0) is 94.3 Å². The molecule has 1 atom stereocenters. The van der Waals surface area contributed by atoms with E-state index in [0.29, 0.717) is 38.7 Å². The Morgan fingerprint density at radius 3 is 2.45 bits per heavy atom. The van der Waals surface area contributed by atoms with Gasteiger partial charge in [0.1, 0.15) is 5.82 Å². The summed E-state index contributed by atoms with van der Waals surface area (Å²) in [5, 5.41) is 0. The van der Waals surface area contributed by atoms with Crippen molar-refractivity contribution in [2.75, 3.05) is 20.3 Å². The number of thiazole rings is 1. The second-order valence-electron chi connectivity index (χ2n) is 9.78. The molecule has 218 valence electrons. The van der Waals surface area contributed by atoms with Crippen molar-refractivity contribution in [1.29, 1.82) is 0 Å². The lowest BCUT2D eigenvalue weighted by Gasteiger charge is -2.25. The van der Waals surface area contributed by atoms with Crippen molar-refractivity contribution in [1.82, 2.24) is 9.13 Å². The average molecular weight is 590 g/mol. The molecule has 0 saturated carbocycles. The predicted molar refractivity (Wildman–Crippen MR) is 160 cm³/mol. The van der Waals surface area contributed by atoms with Crippen LogP contribution in [0.1, 0.15) is 49.3 Å². The zero-order valence-corrected chi connectivity index (χ0v) is 25.2. The number of carbonyl (C=O) groups is 1. The minimum atomic E-state index is -0.779. The Balaban J connectivity index is 1.70. The molecule has 0 bridgehead atoms. The molecule has 42 heavy (non-hydrogen) atoms. The number of aryl methyl sites for hydroxylation is 1. The van der Waals surface area contributed by atoms with Crippen LogP contribution in [-0.4, -0.2) is 35.4 Å². The maximum Gasteiger partial charge on any atom is 0.338 e. The van der Waals surface area contributed by atoms with Crippen LogP contribution in [0.4, 0.5) is 4.39 Å². The highest BCUT2D eigenvalue weighted by atomic mass is 32.1. The van der Waals surface area contributed by atoms with Crippen LogP contribution in [-0.2, 0) is 9.53 Å². The number of benzene rings is 2. The smallest absolute Gasteiger partial charge is 0.338 e. The highest BCUT2D eigenvalue weighted by Crippen LogP contribution is 2.36. The van der Waals surface area contributed by atoms with E-state index in [-0.39, 0.29) is 23.6 Å². The largest absolute Gasteiger partial charge is 0.493 e. The van der Waals surface area contributed by atoms with Gasteiger partial charge >= 0.3 is 5.97 Å². The number of ether oxygens (including phenoxy) is 3. The van der Waals surface area contributed by atoms with Gasteiger partial charge in [-0.15, -0.1) is 0 Å². The normalized spacial score (nSPS) is 14.9. The average Bonchev–Trinajstić information content (AvgIpc) is 3.42. The van der Waals surface area contributed by atoms with Crippen LogP contribution in [0.2, 0.25) is 0 Å². The van der Waals surface area contributed by atoms with Crippen LogP contribution < -0.4 is 24.4 Å². The number of methoxy groups -OCH3 is 1. The van der Waals surface area contributed by atoms with E-state index in [2.05, 4.69) is 4.99 Å². The first-order valence-corrected chi connectivity index (χ1v) is 14.4. The van der Waals surface area contributed by atoms with E-state index in [1.54, 1.807) is 49.8 Å². The molecular weight excluding hydrogens is 557 g/mol. The minimum Gasteiger partial charge on any atom is -0.493 e. The number of nitrogens with zero attached hydrogens (tertiary/aromatic N) is 3. The number of allylic oxidation sites excluding steroid dienone is 1. The van der Waals surface area contributed by atoms with Crippen LogP contribution in [0.5, 0.6) is 11.5 Å². The van der Waals surface area contributed by atoms with Gasteiger partial charge in [0, 0.05) is 17.1 Å². The second-order valence-corrected chi connectivity index (χ2v) is 10.8. The van der Waals surface area contributed by atoms with Crippen LogP contribution in [0.25, 0.3) is 11.8 Å². The highest BCUT2D eigenvalue weighted by molar-refractivity contribution is 7.07. The lowest BCUT2D eigenvalue weighted by atomic mass is 9.95. The van der Waals surface area contributed by atoms with Crippen LogP contribution >= 0.6 is 11.3 Å². The van der Waals surface area contributed by atoms with Gasteiger partial charge in [0.05, 0.1) is 42.2 Å². The van der Waals surface area contributed by atoms with E-state index in [0.717, 1.165) is 22.6 Å². The number of halogens is 1. The van der Waals surface area contributed by atoms with Crippen molar-refractivity contribution in [3.8, 4) is 17.2 Å². The van der Waals surface area contributed by atoms with Crippen molar-refractivity contribution < 1.29 is 23.4 Å². The number of esters is 1. The van der Waals surface area contributed by atoms with Crippen molar-refractivity contribution >= 4 is 23.4 Å². The Labute approximate surface area is 246 Å². The van der Waals surface area contributed by atoms with Gasteiger partial charge in [0.15, 0.2) is 16.3 Å². The molecule has 1 aliphatic rings. The molecule has 0 saturated heterocycles.